The molecule has 20 heavy (non-hydrogen) atoms. The van der Waals surface area contributed by atoms with Crippen LogP contribution in [0.2, 0.25) is 0 Å². The van der Waals surface area contributed by atoms with Gasteiger partial charge in [0.25, 0.3) is 0 Å². The number of aromatic nitrogens is 1. The van der Waals surface area contributed by atoms with Gasteiger partial charge in [0.15, 0.2) is 0 Å². The molecule has 0 spiro atoms. The van der Waals surface area contributed by atoms with E-state index in [1.165, 1.54) is 33.7 Å². The molecule has 3 rings (SSSR count). The average molecular weight is 291 g/mol. The number of hydrogen-bond acceptors (Lipinski definition) is 3. The first kappa shape index (κ1) is 15.4. The van der Waals surface area contributed by atoms with Gasteiger partial charge in [0.1, 0.15) is 0 Å². The summed E-state index contributed by atoms with van der Waals surface area (Å²) in [5.74, 6) is 1.90. The molecule has 1 aromatic heterocycles. The van der Waals surface area contributed by atoms with Crippen molar-refractivity contribution in [2.75, 3.05) is 32.9 Å². The van der Waals surface area contributed by atoms with Crippen LogP contribution in [0, 0.1) is 0 Å². The highest BCUT2D eigenvalue weighted by atomic mass is 32.2. The van der Waals surface area contributed by atoms with Gasteiger partial charge in [-0.3, -0.25) is 0 Å². The van der Waals surface area contributed by atoms with Gasteiger partial charge < -0.3 is 15.6 Å². The third kappa shape index (κ3) is 3.37. The highest BCUT2D eigenvalue weighted by Gasteiger charge is 2.24. The molecule has 110 valence electrons. The van der Waals surface area contributed by atoms with Crippen LogP contribution in [0.25, 0.3) is 10.9 Å². The summed E-state index contributed by atoms with van der Waals surface area (Å²) in [7, 11) is 3.75. The number of nitrogens with one attached hydrogen (secondary N) is 3. The predicted octanol–water partition coefficient (Wildman–Crippen LogP) is 3.19. The van der Waals surface area contributed by atoms with Crippen LogP contribution in [-0.4, -0.2) is 37.9 Å². The number of H-pyrrole nitrogens is 1. The number of likely N-dealkylation sites (N-methyl/N-ethyl adjacent to an activating group) is 1. The maximum atomic E-state index is 3.56. The van der Waals surface area contributed by atoms with Crippen molar-refractivity contribution in [3.63, 3.8) is 0 Å². The van der Waals surface area contributed by atoms with E-state index in [2.05, 4.69) is 46.8 Å². The number of benzene rings is 1. The van der Waals surface area contributed by atoms with Crippen molar-refractivity contribution in [3.8, 4) is 0 Å². The molecule has 0 saturated heterocycles. The maximum Gasteiger partial charge on any atom is 0.0768 e. The largest absolute Gasteiger partial charge is 0.349 e. The molecular formula is C16H25N3S. The van der Waals surface area contributed by atoms with Gasteiger partial charge in [-0.2, -0.15) is 0 Å². The fraction of sp³-hybridized carbons (Fsp3) is 0.500. The summed E-state index contributed by atoms with van der Waals surface area (Å²) in [5, 5.41) is 9.04. The molecule has 0 amide bonds. The van der Waals surface area contributed by atoms with Crippen LogP contribution in [0.4, 0.5) is 0 Å². The van der Waals surface area contributed by atoms with Crippen LogP contribution in [0.3, 0.4) is 0 Å². The molecule has 0 aliphatic carbocycles. The Labute approximate surface area is 125 Å². The van der Waals surface area contributed by atoms with E-state index in [0.717, 1.165) is 13.1 Å². The van der Waals surface area contributed by atoms with E-state index in [4.69, 9.17) is 0 Å². The Kier molecular flexibility index (Phi) is 5.95. The summed E-state index contributed by atoms with van der Waals surface area (Å²) >= 11 is 1.97. The van der Waals surface area contributed by atoms with Crippen molar-refractivity contribution in [1.29, 1.82) is 0 Å². The van der Waals surface area contributed by atoms with E-state index in [1.54, 1.807) is 0 Å². The van der Waals surface area contributed by atoms with Crippen molar-refractivity contribution in [3.05, 3.63) is 29.8 Å². The molecule has 0 radical (unpaired) electrons. The first-order valence-corrected chi connectivity index (χ1v) is 8.33. The quantitative estimate of drug-likeness (QED) is 0.813. The van der Waals surface area contributed by atoms with E-state index in [0.29, 0.717) is 5.92 Å². The van der Waals surface area contributed by atoms with Crippen molar-refractivity contribution in [2.45, 2.75) is 24.3 Å². The van der Waals surface area contributed by atoms with Gasteiger partial charge in [0.05, 0.1) is 5.03 Å². The third-order valence-corrected chi connectivity index (χ3v) is 4.52. The second kappa shape index (κ2) is 7.72. The van der Waals surface area contributed by atoms with Crippen molar-refractivity contribution >= 4 is 22.7 Å². The Bertz CT molecular complexity index is 536. The second-order valence-corrected chi connectivity index (χ2v) is 6.16. The van der Waals surface area contributed by atoms with E-state index < -0.39 is 0 Å². The van der Waals surface area contributed by atoms with Crippen LogP contribution in [0.15, 0.2) is 29.3 Å². The molecular weight excluding hydrogens is 266 g/mol. The summed E-state index contributed by atoms with van der Waals surface area (Å²) in [4.78, 5) is 3.56. The zero-order valence-electron chi connectivity index (χ0n) is 12.6. The lowest BCUT2D eigenvalue weighted by molar-refractivity contribution is 0.576. The van der Waals surface area contributed by atoms with Gasteiger partial charge in [-0.15, -0.1) is 11.8 Å². The first-order valence-electron chi connectivity index (χ1n) is 7.34. The van der Waals surface area contributed by atoms with Crippen LogP contribution < -0.4 is 10.6 Å². The van der Waals surface area contributed by atoms with Gasteiger partial charge >= 0.3 is 0 Å². The van der Waals surface area contributed by atoms with E-state index in [-0.39, 0.29) is 0 Å². The van der Waals surface area contributed by atoms with E-state index in [1.807, 2.05) is 25.9 Å². The topological polar surface area (TPSA) is 39.9 Å². The number of fused-ring (bicyclic) bond motifs is 3. The number of aromatic amines is 1. The highest BCUT2D eigenvalue weighted by Crippen LogP contribution is 2.41. The molecule has 2 heterocycles. The monoisotopic (exact) mass is 291 g/mol. The Balaban J connectivity index is 0.000000452. The smallest absolute Gasteiger partial charge is 0.0768 e. The molecule has 1 atom stereocenters. The lowest BCUT2D eigenvalue weighted by Crippen LogP contribution is -2.23. The van der Waals surface area contributed by atoms with Gasteiger partial charge in [-0.1, -0.05) is 25.1 Å². The first-order chi connectivity index (χ1) is 9.81. The standard InChI is InChI=1S/C14H18N2S.C2H7N/c1-2-15-9-10-7-8-17-14-13(10)11-5-3-4-6-12(11)16-14;1-3-2/h3-6,10,15-16H,2,7-9H2,1H3;3H,1-2H3. The number of hydrogen-bond donors (Lipinski definition) is 3. The molecule has 1 aromatic carbocycles. The van der Waals surface area contributed by atoms with Gasteiger partial charge in [0.2, 0.25) is 0 Å². The molecule has 1 aliphatic rings. The van der Waals surface area contributed by atoms with Gasteiger partial charge in [-0.05, 0) is 38.7 Å². The van der Waals surface area contributed by atoms with E-state index in [9.17, 15) is 0 Å². The van der Waals surface area contributed by atoms with Crippen LogP contribution in [0.1, 0.15) is 24.8 Å². The Morgan fingerprint density at radius 3 is 2.80 bits per heavy atom. The molecule has 1 aliphatic heterocycles. The summed E-state index contributed by atoms with van der Waals surface area (Å²) in [5.41, 5.74) is 2.83. The minimum atomic E-state index is 0.669. The van der Waals surface area contributed by atoms with Crippen molar-refractivity contribution < 1.29 is 0 Å². The molecule has 4 heteroatoms. The van der Waals surface area contributed by atoms with Gasteiger partial charge in [0, 0.05) is 29.1 Å². The summed E-state index contributed by atoms with van der Waals surface area (Å²) < 4.78 is 0. The summed E-state index contributed by atoms with van der Waals surface area (Å²) in [6, 6.07) is 8.67. The maximum absolute atomic E-state index is 3.56. The SMILES string of the molecule is CCNCC1CCSc2[nH]c3ccccc3c21.CNC. The number of rotatable bonds is 3. The second-order valence-electron chi connectivity index (χ2n) is 5.06. The molecule has 0 bridgehead atoms. The van der Waals surface area contributed by atoms with Crippen LogP contribution in [-0.2, 0) is 0 Å². The Morgan fingerprint density at radius 1 is 1.30 bits per heavy atom. The zero-order chi connectivity index (χ0) is 14.4. The molecule has 2 aromatic rings. The number of para-hydroxylation sites is 1. The van der Waals surface area contributed by atoms with Crippen LogP contribution in [0.5, 0.6) is 0 Å². The fourth-order valence-corrected chi connectivity index (χ4v) is 3.85. The minimum Gasteiger partial charge on any atom is -0.349 e. The summed E-state index contributed by atoms with van der Waals surface area (Å²) in [6.45, 7) is 4.33. The molecule has 1 unspecified atom stereocenters. The number of thioether (sulfide) groups is 1. The normalized spacial score (nSPS) is 17.4. The fourth-order valence-electron chi connectivity index (χ4n) is 2.63. The Hall–Kier alpha value is -0.970. The minimum absolute atomic E-state index is 0.669. The highest BCUT2D eigenvalue weighted by molar-refractivity contribution is 7.99. The molecule has 0 saturated carbocycles. The predicted molar refractivity (Wildman–Crippen MR) is 89.9 cm³/mol. The lowest BCUT2D eigenvalue weighted by atomic mass is 9.95. The Morgan fingerprint density at radius 2 is 2.05 bits per heavy atom. The average Bonchev–Trinajstić information content (AvgIpc) is 2.85. The lowest BCUT2D eigenvalue weighted by Gasteiger charge is -2.22. The van der Waals surface area contributed by atoms with Crippen molar-refractivity contribution in [1.82, 2.24) is 15.6 Å². The van der Waals surface area contributed by atoms with Crippen LogP contribution >= 0.6 is 11.8 Å². The van der Waals surface area contributed by atoms with Gasteiger partial charge in [-0.25, -0.2) is 0 Å². The molecule has 3 nitrogen and oxygen atoms in total. The summed E-state index contributed by atoms with van der Waals surface area (Å²) in [6.07, 6.45) is 1.28. The van der Waals surface area contributed by atoms with Crippen molar-refractivity contribution in [2.24, 2.45) is 0 Å². The third-order valence-electron chi connectivity index (χ3n) is 3.47. The zero-order valence-corrected chi connectivity index (χ0v) is 13.4. The molecule has 3 N–H and O–H groups in total. The van der Waals surface area contributed by atoms with E-state index >= 15 is 0 Å². The molecule has 0 fully saturated rings.